The average molecular weight is 246 g/mol. The SMILES string of the molecule is COc1ccc(C(=O)Nc2cccnc2)c(F)c1. The molecule has 0 spiro atoms. The fourth-order valence-corrected chi connectivity index (χ4v) is 1.44. The van der Waals surface area contributed by atoms with Gasteiger partial charge in [-0.15, -0.1) is 0 Å². The van der Waals surface area contributed by atoms with Gasteiger partial charge in [0.15, 0.2) is 0 Å². The second-order valence-corrected chi connectivity index (χ2v) is 3.54. The Morgan fingerprint density at radius 3 is 2.83 bits per heavy atom. The standard InChI is InChI=1S/C13H11FN2O2/c1-18-10-4-5-11(12(14)7-10)13(17)16-9-3-2-6-15-8-9/h2-8H,1H3,(H,16,17). The summed E-state index contributed by atoms with van der Waals surface area (Å²) in [5.74, 6) is -0.788. The van der Waals surface area contributed by atoms with Gasteiger partial charge in [-0.25, -0.2) is 4.39 Å². The molecule has 1 heterocycles. The van der Waals surface area contributed by atoms with Crippen LogP contribution in [0.4, 0.5) is 10.1 Å². The molecule has 2 rings (SSSR count). The van der Waals surface area contributed by atoms with E-state index in [2.05, 4.69) is 10.3 Å². The lowest BCUT2D eigenvalue weighted by Gasteiger charge is -2.06. The smallest absolute Gasteiger partial charge is 0.258 e. The number of pyridine rings is 1. The summed E-state index contributed by atoms with van der Waals surface area (Å²) >= 11 is 0. The number of carbonyl (C=O) groups is 1. The molecule has 0 fully saturated rings. The molecule has 0 aliphatic carbocycles. The summed E-state index contributed by atoms with van der Waals surface area (Å²) in [6, 6.07) is 7.42. The Kier molecular flexibility index (Phi) is 3.52. The molecule has 2 aromatic rings. The van der Waals surface area contributed by atoms with Gasteiger partial charge in [-0.1, -0.05) is 0 Å². The maximum atomic E-state index is 13.6. The van der Waals surface area contributed by atoms with Crippen LogP contribution in [0.3, 0.4) is 0 Å². The lowest BCUT2D eigenvalue weighted by atomic mass is 10.2. The largest absolute Gasteiger partial charge is 0.497 e. The third-order valence-electron chi connectivity index (χ3n) is 2.34. The fourth-order valence-electron chi connectivity index (χ4n) is 1.44. The summed E-state index contributed by atoms with van der Waals surface area (Å²) in [6.07, 6.45) is 3.07. The Hall–Kier alpha value is -2.43. The van der Waals surface area contributed by atoms with Crippen molar-refractivity contribution in [1.82, 2.24) is 4.98 Å². The molecule has 0 unspecified atom stereocenters. The Balaban J connectivity index is 2.19. The molecule has 0 radical (unpaired) electrons. The molecule has 0 aliphatic rings. The lowest BCUT2D eigenvalue weighted by Crippen LogP contribution is -2.13. The number of benzene rings is 1. The number of nitrogens with zero attached hydrogens (tertiary/aromatic N) is 1. The number of ether oxygens (including phenoxy) is 1. The Bertz CT molecular complexity index is 558. The van der Waals surface area contributed by atoms with Crippen LogP contribution in [0, 0.1) is 5.82 Å². The topological polar surface area (TPSA) is 51.2 Å². The van der Waals surface area contributed by atoms with E-state index in [1.165, 1.54) is 25.4 Å². The molecule has 0 bridgehead atoms. The number of nitrogens with one attached hydrogen (secondary N) is 1. The second kappa shape index (κ2) is 5.27. The molecule has 0 saturated heterocycles. The van der Waals surface area contributed by atoms with E-state index in [0.29, 0.717) is 11.4 Å². The monoisotopic (exact) mass is 246 g/mol. The number of rotatable bonds is 3. The van der Waals surface area contributed by atoms with Crippen molar-refractivity contribution in [2.75, 3.05) is 12.4 Å². The number of anilines is 1. The summed E-state index contributed by atoms with van der Waals surface area (Å²) in [5, 5.41) is 2.55. The number of methoxy groups -OCH3 is 1. The minimum atomic E-state index is -0.629. The van der Waals surface area contributed by atoms with Crippen LogP contribution in [0.25, 0.3) is 0 Å². The Morgan fingerprint density at radius 1 is 1.39 bits per heavy atom. The average Bonchev–Trinajstić information content (AvgIpc) is 2.39. The molecular formula is C13H11FN2O2. The molecule has 0 aliphatic heterocycles. The van der Waals surface area contributed by atoms with Gasteiger partial charge in [0, 0.05) is 12.3 Å². The summed E-state index contributed by atoms with van der Waals surface area (Å²) in [6.45, 7) is 0. The van der Waals surface area contributed by atoms with Crippen molar-refractivity contribution in [2.45, 2.75) is 0 Å². The first-order chi connectivity index (χ1) is 8.70. The van der Waals surface area contributed by atoms with Crippen LogP contribution < -0.4 is 10.1 Å². The van der Waals surface area contributed by atoms with Crippen molar-refractivity contribution in [3.05, 3.63) is 54.1 Å². The van der Waals surface area contributed by atoms with Crippen molar-refractivity contribution < 1.29 is 13.9 Å². The molecule has 18 heavy (non-hydrogen) atoms. The molecule has 1 amide bonds. The van der Waals surface area contributed by atoms with Gasteiger partial charge in [-0.3, -0.25) is 9.78 Å². The van der Waals surface area contributed by atoms with Crippen LogP contribution >= 0.6 is 0 Å². The van der Waals surface area contributed by atoms with Crippen molar-refractivity contribution in [3.8, 4) is 5.75 Å². The number of amides is 1. The van der Waals surface area contributed by atoms with Gasteiger partial charge in [-0.2, -0.15) is 0 Å². The van der Waals surface area contributed by atoms with Gasteiger partial charge in [0.25, 0.3) is 5.91 Å². The van der Waals surface area contributed by atoms with Crippen molar-refractivity contribution in [1.29, 1.82) is 0 Å². The van der Waals surface area contributed by atoms with Crippen molar-refractivity contribution in [2.24, 2.45) is 0 Å². The number of halogens is 1. The Labute approximate surface area is 103 Å². The first-order valence-electron chi connectivity index (χ1n) is 5.25. The third kappa shape index (κ3) is 2.63. The molecule has 4 nitrogen and oxygen atoms in total. The molecule has 92 valence electrons. The van der Waals surface area contributed by atoms with Crippen LogP contribution in [-0.2, 0) is 0 Å². The third-order valence-corrected chi connectivity index (χ3v) is 2.34. The number of carbonyl (C=O) groups excluding carboxylic acids is 1. The molecule has 1 aromatic heterocycles. The van der Waals surface area contributed by atoms with E-state index in [1.54, 1.807) is 18.3 Å². The summed E-state index contributed by atoms with van der Waals surface area (Å²) in [7, 11) is 1.43. The van der Waals surface area contributed by atoms with Crippen molar-refractivity contribution >= 4 is 11.6 Å². The number of hydrogen-bond donors (Lipinski definition) is 1. The molecule has 0 saturated carbocycles. The fraction of sp³-hybridized carbons (Fsp3) is 0.0769. The van der Waals surface area contributed by atoms with Gasteiger partial charge >= 0.3 is 0 Å². The normalized spacial score (nSPS) is 9.89. The van der Waals surface area contributed by atoms with Gasteiger partial charge in [0.1, 0.15) is 11.6 Å². The predicted octanol–water partition coefficient (Wildman–Crippen LogP) is 2.48. The quantitative estimate of drug-likeness (QED) is 0.905. The van der Waals surface area contributed by atoms with E-state index in [9.17, 15) is 9.18 Å². The zero-order valence-corrected chi connectivity index (χ0v) is 9.68. The first kappa shape index (κ1) is 12.0. The minimum Gasteiger partial charge on any atom is -0.497 e. The van der Waals surface area contributed by atoms with E-state index >= 15 is 0 Å². The van der Waals surface area contributed by atoms with Gasteiger partial charge in [-0.05, 0) is 24.3 Å². The Morgan fingerprint density at radius 2 is 2.22 bits per heavy atom. The summed E-state index contributed by atoms with van der Waals surface area (Å²) in [5.41, 5.74) is 0.470. The van der Waals surface area contributed by atoms with Gasteiger partial charge < -0.3 is 10.1 Å². The summed E-state index contributed by atoms with van der Waals surface area (Å²) < 4.78 is 18.5. The van der Waals surface area contributed by atoms with Crippen molar-refractivity contribution in [3.63, 3.8) is 0 Å². The highest BCUT2D eigenvalue weighted by atomic mass is 19.1. The van der Waals surface area contributed by atoms with E-state index in [-0.39, 0.29) is 5.56 Å². The van der Waals surface area contributed by atoms with E-state index in [4.69, 9.17) is 4.74 Å². The van der Waals surface area contributed by atoms with Gasteiger partial charge in [0.2, 0.25) is 0 Å². The predicted molar refractivity (Wildman–Crippen MR) is 65.1 cm³/mol. The molecule has 1 aromatic carbocycles. The minimum absolute atomic E-state index is 0.0420. The van der Waals surface area contributed by atoms with Crippen LogP contribution in [0.2, 0.25) is 0 Å². The second-order valence-electron chi connectivity index (χ2n) is 3.54. The maximum Gasteiger partial charge on any atom is 0.258 e. The van der Waals surface area contributed by atoms with Gasteiger partial charge in [0.05, 0.1) is 24.6 Å². The maximum absolute atomic E-state index is 13.6. The first-order valence-corrected chi connectivity index (χ1v) is 5.25. The van der Waals surface area contributed by atoms with E-state index in [1.807, 2.05) is 0 Å². The van der Waals surface area contributed by atoms with Crippen LogP contribution in [0.1, 0.15) is 10.4 Å². The zero-order valence-electron chi connectivity index (χ0n) is 9.68. The number of aromatic nitrogens is 1. The van der Waals surface area contributed by atoms with Crippen LogP contribution in [-0.4, -0.2) is 18.0 Å². The highest BCUT2D eigenvalue weighted by molar-refractivity contribution is 6.04. The van der Waals surface area contributed by atoms with E-state index in [0.717, 1.165) is 6.07 Å². The molecule has 0 atom stereocenters. The molecule has 1 N–H and O–H groups in total. The summed E-state index contributed by atoms with van der Waals surface area (Å²) in [4.78, 5) is 15.7. The molecule has 5 heteroatoms. The number of hydrogen-bond acceptors (Lipinski definition) is 3. The van der Waals surface area contributed by atoms with E-state index < -0.39 is 11.7 Å². The lowest BCUT2D eigenvalue weighted by molar-refractivity contribution is 0.102. The highest BCUT2D eigenvalue weighted by Gasteiger charge is 2.12. The van der Waals surface area contributed by atoms with Crippen LogP contribution in [0.15, 0.2) is 42.7 Å². The molecular weight excluding hydrogens is 235 g/mol. The highest BCUT2D eigenvalue weighted by Crippen LogP contribution is 2.17. The van der Waals surface area contributed by atoms with Crippen LogP contribution in [0.5, 0.6) is 5.75 Å². The zero-order chi connectivity index (χ0) is 13.0.